The van der Waals surface area contributed by atoms with Crippen molar-refractivity contribution >= 4 is 5.91 Å². The molecular weight excluding hydrogens is 326 g/mol. The summed E-state index contributed by atoms with van der Waals surface area (Å²) in [4.78, 5) is 18.8. The Labute approximate surface area is 152 Å². The number of hydrogen-bond acceptors (Lipinski definition) is 4. The van der Waals surface area contributed by atoms with E-state index in [-0.39, 0.29) is 11.8 Å². The fourth-order valence-corrected chi connectivity index (χ4v) is 3.37. The van der Waals surface area contributed by atoms with Gasteiger partial charge in [0.15, 0.2) is 5.82 Å². The van der Waals surface area contributed by atoms with Gasteiger partial charge in [0.05, 0.1) is 0 Å². The fraction of sp³-hybridized carbons (Fsp3) is 0.286. The highest BCUT2D eigenvalue weighted by Gasteiger charge is 2.33. The van der Waals surface area contributed by atoms with E-state index in [1.54, 1.807) is 0 Å². The van der Waals surface area contributed by atoms with Crippen molar-refractivity contribution in [1.82, 2.24) is 15.0 Å². The second-order valence-corrected chi connectivity index (χ2v) is 6.80. The number of carbonyl (C=O) groups excluding carboxylic acids is 1. The van der Waals surface area contributed by atoms with Gasteiger partial charge in [-0.25, -0.2) is 0 Å². The van der Waals surface area contributed by atoms with Gasteiger partial charge in [0.1, 0.15) is 0 Å². The Hall–Kier alpha value is -2.95. The molecule has 0 aliphatic carbocycles. The summed E-state index contributed by atoms with van der Waals surface area (Å²) in [6, 6.07) is 18.2. The van der Waals surface area contributed by atoms with Gasteiger partial charge in [-0.1, -0.05) is 53.2 Å². The normalized spacial score (nSPS) is 17.0. The van der Waals surface area contributed by atoms with E-state index >= 15 is 0 Å². The molecule has 2 aromatic carbocycles. The van der Waals surface area contributed by atoms with Crippen LogP contribution < -0.4 is 0 Å². The van der Waals surface area contributed by atoms with Crippen molar-refractivity contribution in [1.29, 1.82) is 0 Å². The number of nitrogens with zero attached hydrogens (tertiary/aromatic N) is 3. The van der Waals surface area contributed by atoms with Gasteiger partial charge in [-0.15, -0.1) is 0 Å². The predicted octanol–water partition coefficient (Wildman–Crippen LogP) is 3.60. The van der Waals surface area contributed by atoms with Crippen LogP contribution in [0.25, 0.3) is 11.5 Å². The number of rotatable bonds is 5. The van der Waals surface area contributed by atoms with Gasteiger partial charge < -0.3 is 9.42 Å². The lowest BCUT2D eigenvalue weighted by atomic mass is 10.1. The molecule has 1 fully saturated rings. The molecule has 1 aromatic heterocycles. The van der Waals surface area contributed by atoms with E-state index < -0.39 is 0 Å². The summed E-state index contributed by atoms with van der Waals surface area (Å²) in [6.45, 7) is 3.40. The van der Waals surface area contributed by atoms with Crippen LogP contribution in [-0.2, 0) is 11.2 Å². The lowest BCUT2D eigenvalue weighted by Crippen LogP contribution is -2.27. The molecular formula is C21H21N3O2. The van der Waals surface area contributed by atoms with Gasteiger partial charge in [0.2, 0.25) is 5.91 Å². The average molecular weight is 347 g/mol. The highest BCUT2D eigenvalue weighted by molar-refractivity contribution is 5.79. The van der Waals surface area contributed by atoms with Crippen molar-refractivity contribution in [2.24, 2.45) is 0 Å². The predicted molar refractivity (Wildman–Crippen MR) is 98.6 cm³/mol. The Kier molecular flexibility index (Phi) is 4.52. The molecule has 2 heterocycles. The first kappa shape index (κ1) is 16.5. The summed E-state index contributed by atoms with van der Waals surface area (Å²) >= 11 is 0. The lowest BCUT2D eigenvalue weighted by molar-refractivity contribution is -0.127. The second-order valence-electron chi connectivity index (χ2n) is 6.80. The molecule has 1 atom stereocenters. The maximum Gasteiger partial charge on any atom is 0.257 e. The van der Waals surface area contributed by atoms with Crippen LogP contribution in [0.2, 0.25) is 0 Å². The zero-order chi connectivity index (χ0) is 17.9. The quantitative estimate of drug-likeness (QED) is 0.707. The van der Waals surface area contributed by atoms with Crippen molar-refractivity contribution in [3.05, 3.63) is 71.5 Å². The SMILES string of the molecule is Cc1cccc(-c2nc(C3CC(=O)N(CCc4ccccc4)C3)no2)c1. The van der Waals surface area contributed by atoms with Crippen molar-refractivity contribution in [2.45, 2.75) is 25.7 Å². The molecule has 0 radical (unpaired) electrons. The largest absolute Gasteiger partial charge is 0.342 e. The Balaban J connectivity index is 1.42. The third kappa shape index (κ3) is 3.52. The van der Waals surface area contributed by atoms with E-state index in [1.165, 1.54) is 5.56 Å². The topological polar surface area (TPSA) is 59.2 Å². The molecule has 1 aliphatic rings. The number of hydrogen-bond donors (Lipinski definition) is 0. The monoisotopic (exact) mass is 347 g/mol. The Morgan fingerprint density at radius 2 is 2.00 bits per heavy atom. The molecule has 1 amide bonds. The van der Waals surface area contributed by atoms with Crippen LogP contribution in [0.1, 0.15) is 29.3 Å². The minimum atomic E-state index is 0.000539. The van der Waals surface area contributed by atoms with E-state index in [2.05, 4.69) is 22.3 Å². The summed E-state index contributed by atoms with van der Waals surface area (Å²) in [5, 5.41) is 4.13. The molecule has 5 heteroatoms. The summed E-state index contributed by atoms with van der Waals surface area (Å²) < 4.78 is 5.43. The third-order valence-electron chi connectivity index (χ3n) is 4.80. The molecule has 5 nitrogen and oxygen atoms in total. The number of carbonyl (C=O) groups is 1. The number of amides is 1. The Morgan fingerprint density at radius 3 is 2.81 bits per heavy atom. The van der Waals surface area contributed by atoms with E-state index in [1.807, 2.05) is 54.3 Å². The molecule has 26 heavy (non-hydrogen) atoms. The fourth-order valence-electron chi connectivity index (χ4n) is 3.37. The number of benzene rings is 2. The molecule has 0 saturated carbocycles. The summed E-state index contributed by atoms with van der Waals surface area (Å²) in [7, 11) is 0. The van der Waals surface area contributed by atoms with Gasteiger partial charge in [-0.2, -0.15) is 4.98 Å². The zero-order valence-electron chi connectivity index (χ0n) is 14.8. The smallest absolute Gasteiger partial charge is 0.257 e. The Bertz CT molecular complexity index is 904. The summed E-state index contributed by atoms with van der Waals surface area (Å²) in [6.07, 6.45) is 1.31. The minimum absolute atomic E-state index is 0.000539. The van der Waals surface area contributed by atoms with Crippen LogP contribution in [0.15, 0.2) is 59.1 Å². The maximum absolute atomic E-state index is 12.3. The van der Waals surface area contributed by atoms with Crippen LogP contribution in [0, 0.1) is 6.92 Å². The van der Waals surface area contributed by atoms with E-state index in [0.29, 0.717) is 24.7 Å². The molecule has 132 valence electrons. The van der Waals surface area contributed by atoms with Gasteiger partial charge >= 0.3 is 0 Å². The van der Waals surface area contributed by atoms with Crippen molar-refractivity contribution < 1.29 is 9.32 Å². The highest BCUT2D eigenvalue weighted by Crippen LogP contribution is 2.28. The van der Waals surface area contributed by atoms with E-state index in [0.717, 1.165) is 24.1 Å². The minimum Gasteiger partial charge on any atom is -0.342 e. The molecule has 4 rings (SSSR count). The zero-order valence-corrected chi connectivity index (χ0v) is 14.8. The van der Waals surface area contributed by atoms with Gasteiger partial charge in [0, 0.05) is 31.0 Å². The first-order valence-electron chi connectivity index (χ1n) is 8.91. The number of likely N-dealkylation sites (tertiary alicyclic amines) is 1. The first-order chi connectivity index (χ1) is 12.7. The first-order valence-corrected chi connectivity index (χ1v) is 8.91. The molecule has 1 aliphatic heterocycles. The van der Waals surface area contributed by atoms with E-state index in [9.17, 15) is 4.79 Å². The van der Waals surface area contributed by atoms with Crippen LogP contribution in [0.3, 0.4) is 0 Å². The Morgan fingerprint density at radius 1 is 1.15 bits per heavy atom. The standard InChI is InChI=1S/C21H21N3O2/c1-15-6-5-9-17(12-15)21-22-20(23-26-21)18-13-19(25)24(14-18)11-10-16-7-3-2-4-8-16/h2-9,12,18H,10-11,13-14H2,1H3. The molecule has 0 bridgehead atoms. The second kappa shape index (κ2) is 7.12. The highest BCUT2D eigenvalue weighted by atomic mass is 16.5. The van der Waals surface area contributed by atoms with Crippen molar-refractivity contribution in [3.8, 4) is 11.5 Å². The third-order valence-corrected chi connectivity index (χ3v) is 4.80. The van der Waals surface area contributed by atoms with Gasteiger partial charge in [-0.3, -0.25) is 4.79 Å². The number of aryl methyl sites for hydroxylation is 1. The van der Waals surface area contributed by atoms with Crippen molar-refractivity contribution in [2.75, 3.05) is 13.1 Å². The van der Waals surface area contributed by atoms with Gasteiger partial charge in [-0.05, 0) is 31.0 Å². The van der Waals surface area contributed by atoms with E-state index in [4.69, 9.17) is 4.52 Å². The maximum atomic E-state index is 12.3. The molecule has 0 spiro atoms. The lowest BCUT2D eigenvalue weighted by Gasteiger charge is -2.15. The van der Waals surface area contributed by atoms with Crippen LogP contribution in [0.5, 0.6) is 0 Å². The molecule has 1 unspecified atom stereocenters. The summed E-state index contributed by atoms with van der Waals surface area (Å²) in [5.41, 5.74) is 3.30. The average Bonchev–Trinajstić information content (AvgIpc) is 3.28. The van der Waals surface area contributed by atoms with Crippen molar-refractivity contribution in [3.63, 3.8) is 0 Å². The van der Waals surface area contributed by atoms with Crippen LogP contribution in [-0.4, -0.2) is 34.0 Å². The summed E-state index contributed by atoms with van der Waals surface area (Å²) in [5.74, 6) is 1.30. The molecule has 3 aromatic rings. The number of aromatic nitrogens is 2. The molecule has 1 saturated heterocycles. The van der Waals surface area contributed by atoms with Crippen LogP contribution in [0.4, 0.5) is 0 Å². The van der Waals surface area contributed by atoms with Gasteiger partial charge in [0.25, 0.3) is 5.89 Å². The molecule has 0 N–H and O–H groups in total. The van der Waals surface area contributed by atoms with Crippen LogP contribution >= 0.6 is 0 Å².